The van der Waals surface area contributed by atoms with Gasteiger partial charge in [0.05, 0.1) is 18.8 Å². The first-order chi connectivity index (χ1) is 14.5. The second-order valence-electron chi connectivity index (χ2n) is 7.67. The predicted molar refractivity (Wildman–Crippen MR) is 114 cm³/mol. The van der Waals surface area contributed by atoms with Crippen LogP contribution in [-0.4, -0.2) is 41.1 Å². The number of ether oxygens (including phenoxy) is 2. The van der Waals surface area contributed by atoms with Gasteiger partial charge in [-0.3, -0.25) is 14.6 Å². The first kappa shape index (κ1) is 20.8. The van der Waals surface area contributed by atoms with Gasteiger partial charge in [0.15, 0.2) is 11.5 Å². The second-order valence-corrected chi connectivity index (χ2v) is 8.59. The number of rotatable bonds is 6. The van der Waals surface area contributed by atoms with Gasteiger partial charge in [0.1, 0.15) is 0 Å². The zero-order valence-electron chi connectivity index (χ0n) is 16.8. The molecular weight excluding hydrogens is 450 g/mol. The van der Waals surface area contributed by atoms with Gasteiger partial charge in [-0.2, -0.15) is 0 Å². The molecule has 1 aliphatic heterocycles. The van der Waals surface area contributed by atoms with Crippen LogP contribution in [0.1, 0.15) is 48.0 Å². The van der Waals surface area contributed by atoms with Crippen LogP contribution in [0.3, 0.4) is 0 Å². The summed E-state index contributed by atoms with van der Waals surface area (Å²) in [5.41, 5.74) is 4.42. The highest BCUT2D eigenvalue weighted by molar-refractivity contribution is 9.10. The predicted octanol–water partition coefficient (Wildman–Crippen LogP) is 3.66. The van der Waals surface area contributed by atoms with Gasteiger partial charge in [-0.15, -0.1) is 0 Å². The summed E-state index contributed by atoms with van der Waals surface area (Å²) in [5, 5.41) is 1.09. The maximum atomic E-state index is 12.7. The summed E-state index contributed by atoms with van der Waals surface area (Å²) < 4.78 is 12.3. The van der Waals surface area contributed by atoms with Gasteiger partial charge >= 0.3 is 0 Å². The van der Waals surface area contributed by atoms with Gasteiger partial charge in [0.2, 0.25) is 5.91 Å². The van der Waals surface area contributed by atoms with Gasteiger partial charge < -0.3 is 9.47 Å². The van der Waals surface area contributed by atoms with E-state index in [1.807, 2.05) is 18.2 Å². The maximum absolute atomic E-state index is 12.7. The largest absolute Gasteiger partial charge is 0.493 e. The Morgan fingerprint density at radius 1 is 1.23 bits per heavy atom. The number of carbonyl (C=O) groups excluding carboxylic acids is 2. The van der Waals surface area contributed by atoms with Gasteiger partial charge in [-0.1, -0.05) is 6.07 Å². The first-order valence-electron chi connectivity index (χ1n) is 10.1. The standard InChI is InChI=1S/C22H24BrN3O4/c1-29-19-7-6-14(9-20(19)30-18-4-2-3-5-18)8-17-11-21(27)26(25-17)22(28)15-10-16(23)13-24-12-15/h6-7,9-10,12-13,17-18,25H,2-5,8,11H2,1H3. The fourth-order valence-corrected chi connectivity index (χ4v) is 4.33. The van der Waals surface area contributed by atoms with Crippen LogP contribution < -0.4 is 14.9 Å². The Morgan fingerprint density at radius 2 is 2.03 bits per heavy atom. The number of hydrazine groups is 1. The molecule has 0 radical (unpaired) electrons. The summed E-state index contributed by atoms with van der Waals surface area (Å²) in [6, 6.07) is 7.32. The lowest BCUT2D eigenvalue weighted by molar-refractivity contribution is -0.126. The van der Waals surface area contributed by atoms with Crippen molar-refractivity contribution in [3.63, 3.8) is 0 Å². The monoisotopic (exact) mass is 473 g/mol. The van der Waals surface area contributed by atoms with Crippen LogP contribution in [0, 0.1) is 0 Å². The minimum Gasteiger partial charge on any atom is -0.493 e. The van der Waals surface area contributed by atoms with Crippen molar-refractivity contribution >= 4 is 27.7 Å². The Hall–Kier alpha value is -2.45. The lowest BCUT2D eigenvalue weighted by Gasteiger charge is -2.18. The topological polar surface area (TPSA) is 80.8 Å². The summed E-state index contributed by atoms with van der Waals surface area (Å²) in [7, 11) is 1.63. The fraction of sp³-hybridized carbons (Fsp3) is 0.409. The number of halogens is 1. The Morgan fingerprint density at radius 3 is 2.77 bits per heavy atom. The van der Waals surface area contributed by atoms with Crippen LogP contribution in [0.15, 0.2) is 41.1 Å². The van der Waals surface area contributed by atoms with Crippen LogP contribution >= 0.6 is 15.9 Å². The van der Waals surface area contributed by atoms with Crippen LogP contribution in [0.2, 0.25) is 0 Å². The van der Waals surface area contributed by atoms with Crippen LogP contribution in [0.5, 0.6) is 11.5 Å². The smallest absolute Gasteiger partial charge is 0.276 e. The summed E-state index contributed by atoms with van der Waals surface area (Å²) >= 11 is 3.30. The molecule has 1 saturated carbocycles. The molecule has 1 aliphatic carbocycles. The third kappa shape index (κ3) is 4.65. The highest BCUT2D eigenvalue weighted by Crippen LogP contribution is 2.33. The molecule has 158 valence electrons. The number of pyridine rings is 1. The molecule has 7 nitrogen and oxygen atoms in total. The van der Waals surface area contributed by atoms with E-state index in [2.05, 4.69) is 26.3 Å². The number of amides is 2. The van der Waals surface area contributed by atoms with E-state index in [1.54, 1.807) is 19.4 Å². The Kier molecular flexibility index (Phi) is 6.34. The van der Waals surface area contributed by atoms with E-state index in [1.165, 1.54) is 19.0 Å². The lowest BCUT2D eigenvalue weighted by atomic mass is 10.0. The second kappa shape index (κ2) is 9.14. The van der Waals surface area contributed by atoms with Crippen LogP contribution in [-0.2, 0) is 11.2 Å². The number of methoxy groups -OCH3 is 1. The summed E-state index contributed by atoms with van der Waals surface area (Å²) in [4.78, 5) is 29.1. The number of benzene rings is 1. The first-order valence-corrected chi connectivity index (χ1v) is 10.9. The Bertz CT molecular complexity index is 946. The van der Waals surface area contributed by atoms with Crippen LogP contribution in [0.4, 0.5) is 0 Å². The molecule has 2 aromatic rings. The number of nitrogens with zero attached hydrogens (tertiary/aromatic N) is 2. The van der Waals surface area contributed by atoms with Crippen molar-refractivity contribution in [1.29, 1.82) is 0 Å². The third-order valence-corrected chi connectivity index (χ3v) is 5.88. The van der Waals surface area contributed by atoms with Gasteiger partial charge in [-0.25, -0.2) is 10.4 Å². The van der Waals surface area contributed by atoms with Gasteiger partial charge in [0, 0.05) is 29.3 Å². The molecule has 0 bridgehead atoms. The molecule has 2 fully saturated rings. The van der Waals surface area contributed by atoms with Crippen molar-refractivity contribution in [2.45, 2.75) is 50.7 Å². The average molecular weight is 474 g/mol. The van der Waals surface area contributed by atoms with E-state index in [0.29, 0.717) is 22.2 Å². The van der Waals surface area contributed by atoms with Gasteiger partial charge in [-0.05, 0) is 71.8 Å². The van der Waals surface area contributed by atoms with E-state index >= 15 is 0 Å². The van der Waals surface area contributed by atoms with E-state index in [9.17, 15) is 9.59 Å². The SMILES string of the molecule is COc1ccc(CC2CC(=O)N(C(=O)c3cncc(Br)c3)N2)cc1OC1CCCC1. The average Bonchev–Trinajstić information content (AvgIpc) is 3.37. The van der Waals surface area contributed by atoms with Crippen molar-refractivity contribution in [1.82, 2.24) is 15.4 Å². The molecule has 30 heavy (non-hydrogen) atoms. The Balaban J connectivity index is 1.44. The minimum absolute atomic E-state index is 0.172. The summed E-state index contributed by atoms with van der Waals surface area (Å²) in [6.45, 7) is 0. The third-order valence-electron chi connectivity index (χ3n) is 5.44. The highest BCUT2D eigenvalue weighted by Gasteiger charge is 2.34. The summed E-state index contributed by atoms with van der Waals surface area (Å²) in [5.74, 6) is 0.789. The molecule has 1 N–H and O–H groups in total. The number of aromatic nitrogens is 1. The molecule has 8 heteroatoms. The lowest BCUT2D eigenvalue weighted by Crippen LogP contribution is -2.42. The zero-order valence-corrected chi connectivity index (χ0v) is 18.4. The van der Waals surface area contributed by atoms with E-state index < -0.39 is 5.91 Å². The van der Waals surface area contributed by atoms with E-state index in [4.69, 9.17) is 9.47 Å². The van der Waals surface area contributed by atoms with Crippen molar-refractivity contribution in [2.75, 3.05) is 7.11 Å². The summed E-state index contributed by atoms with van der Waals surface area (Å²) in [6.07, 6.45) is 8.62. The molecule has 2 heterocycles. The molecule has 1 unspecified atom stereocenters. The van der Waals surface area contributed by atoms with E-state index in [0.717, 1.165) is 29.2 Å². The molecular formula is C22H24BrN3O4. The maximum Gasteiger partial charge on any atom is 0.276 e. The van der Waals surface area contributed by atoms with Crippen LogP contribution in [0.25, 0.3) is 0 Å². The molecule has 1 aromatic carbocycles. The van der Waals surface area contributed by atoms with Crippen molar-refractivity contribution < 1.29 is 19.1 Å². The number of hydrogen-bond acceptors (Lipinski definition) is 6. The highest BCUT2D eigenvalue weighted by atomic mass is 79.9. The van der Waals surface area contributed by atoms with Gasteiger partial charge in [0.25, 0.3) is 5.91 Å². The van der Waals surface area contributed by atoms with Crippen molar-refractivity contribution in [2.24, 2.45) is 0 Å². The molecule has 1 saturated heterocycles. The molecule has 1 atom stereocenters. The molecule has 2 amide bonds. The normalized spacial score (nSPS) is 19.3. The number of carbonyl (C=O) groups is 2. The number of hydrogen-bond donors (Lipinski definition) is 1. The number of nitrogens with one attached hydrogen (secondary N) is 1. The zero-order chi connectivity index (χ0) is 21.1. The van der Waals surface area contributed by atoms with Crippen molar-refractivity contribution in [3.05, 3.63) is 52.3 Å². The molecule has 1 aromatic heterocycles. The number of imide groups is 1. The molecule has 0 spiro atoms. The quantitative estimate of drug-likeness (QED) is 0.644. The Labute approximate surface area is 183 Å². The van der Waals surface area contributed by atoms with E-state index in [-0.39, 0.29) is 24.5 Å². The molecule has 4 rings (SSSR count). The van der Waals surface area contributed by atoms with Crippen molar-refractivity contribution in [3.8, 4) is 11.5 Å². The fourth-order valence-electron chi connectivity index (χ4n) is 3.96. The molecule has 2 aliphatic rings. The minimum atomic E-state index is -0.406.